The summed E-state index contributed by atoms with van der Waals surface area (Å²) < 4.78 is 0.638. The molecule has 0 saturated heterocycles. The van der Waals surface area contributed by atoms with Gasteiger partial charge in [-0.25, -0.2) is 0 Å². The molecule has 0 aliphatic carbocycles. The molecule has 1 N–H and O–H groups in total. The highest BCUT2D eigenvalue weighted by molar-refractivity contribution is 7.22. The van der Waals surface area contributed by atoms with E-state index < -0.39 is 0 Å². The largest absolute Gasteiger partial charge is 0.353 e. The molecule has 0 unspecified atom stereocenters. The highest BCUT2D eigenvalue weighted by Crippen LogP contribution is 2.24. The van der Waals surface area contributed by atoms with Gasteiger partial charge < -0.3 is 4.98 Å². The molecule has 0 saturated carbocycles. The Kier molecular flexibility index (Phi) is 1.47. The van der Waals surface area contributed by atoms with E-state index in [1.54, 1.807) is 12.3 Å². The first-order valence-electron chi connectivity index (χ1n) is 3.04. The van der Waals surface area contributed by atoms with E-state index in [0.717, 1.165) is 4.83 Å². The van der Waals surface area contributed by atoms with Crippen LogP contribution in [0.4, 0.5) is 0 Å². The van der Waals surface area contributed by atoms with Crippen molar-refractivity contribution in [3.8, 4) is 0 Å². The fourth-order valence-electron chi connectivity index (χ4n) is 0.934. The van der Waals surface area contributed by atoms with Crippen LogP contribution in [0.1, 0.15) is 0 Å². The van der Waals surface area contributed by atoms with Gasteiger partial charge in [-0.15, -0.1) is 11.3 Å². The van der Waals surface area contributed by atoms with E-state index in [2.05, 4.69) is 4.98 Å². The second kappa shape index (κ2) is 2.36. The zero-order chi connectivity index (χ0) is 7.84. The minimum absolute atomic E-state index is 0.0156. The Morgan fingerprint density at radius 3 is 3.09 bits per heavy atom. The number of nitrogens with one attached hydrogen (secondary N) is 1. The molecule has 4 heteroatoms. The zero-order valence-electron chi connectivity index (χ0n) is 5.43. The van der Waals surface area contributed by atoms with E-state index in [1.165, 1.54) is 17.4 Å². The Labute approximate surface area is 71.4 Å². The topological polar surface area (TPSA) is 32.9 Å². The van der Waals surface area contributed by atoms with Crippen molar-refractivity contribution < 1.29 is 0 Å². The molecule has 0 atom stereocenters. The van der Waals surface area contributed by atoms with Crippen LogP contribution in [0.5, 0.6) is 0 Å². The number of aromatic nitrogens is 1. The zero-order valence-corrected chi connectivity index (χ0v) is 7.00. The molecule has 0 spiro atoms. The predicted molar refractivity (Wildman–Crippen MR) is 47.5 cm³/mol. The van der Waals surface area contributed by atoms with E-state index in [1.807, 2.05) is 0 Å². The number of aromatic amines is 1. The highest BCUT2D eigenvalue weighted by Gasteiger charge is 2.01. The average Bonchev–Trinajstić information content (AvgIpc) is 2.31. The van der Waals surface area contributed by atoms with Gasteiger partial charge in [-0.2, -0.15) is 0 Å². The predicted octanol–water partition coefficient (Wildman–Crippen LogP) is 2.24. The number of hydrogen-bond acceptors (Lipinski definition) is 2. The Bertz CT molecular complexity index is 445. The fourth-order valence-corrected chi connectivity index (χ4v) is 2.04. The van der Waals surface area contributed by atoms with E-state index in [4.69, 9.17) is 11.6 Å². The SMILES string of the molecule is O=c1cc[nH]c2sc(Cl)cc12. The number of hydrogen-bond donors (Lipinski definition) is 1. The lowest BCUT2D eigenvalue weighted by Gasteiger charge is -1.83. The van der Waals surface area contributed by atoms with Crippen LogP contribution in [0.15, 0.2) is 23.1 Å². The molecule has 56 valence electrons. The first-order valence-corrected chi connectivity index (χ1v) is 4.23. The molecule has 0 amide bonds. The van der Waals surface area contributed by atoms with Gasteiger partial charge in [0.15, 0.2) is 5.43 Å². The van der Waals surface area contributed by atoms with Crippen LogP contribution < -0.4 is 5.43 Å². The summed E-state index contributed by atoms with van der Waals surface area (Å²) in [6.07, 6.45) is 1.62. The van der Waals surface area contributed by atoms with Crippen molar-refractivity contribution in [3.05, 3.63) is 32.9 Å². The molecule has 11 heavy (non-hydrogen) atoms. The summed E-state index contributed by atoms with van der Waals surface area (Å²) in [6.45, 7) is 0. The highest BCUT2D eigenvalue weighted by atomic mass is 35.5. The molecule has 0 radical (unpaired) electrons. The van der Waals surface area contributed by atoms with Gasteiger partial charge in [0.25, 0.3) is 0 Å². The number of fused-ring (bicyclic) bond motifs is 1. The van der Waals surface area contributed by atoms with Crippen molar-refractivity contribution in [1.29, 1.82) is 0 Å². The summed E-state index contributed by atoms with van der Waals surface area (Å²) in [5.41, 5.74) is 0.0156. The number of halogens is 1. The van der Waals surface area contributed by atoms with E-state index in [-0.39, 0.29) is 5.43 Å². The molecule has 0 fully saturated rings. The van der Waals surface area contributed by atoms with Gasteiger partial charge >= 0.3 is 0 Å². The summed E-state index contributed by atoms with van der Waals surface area (Å²) in [5.74, 6) is 0. The molecule has 0 bridgehead atoms. The molecule has 2 aromatic heterocycles. The first-order chi connectivity index (χ1) is 5.27. The van der Waals surface area contributed by atoms with Crippen LogP contribution in [-0.2, 0) is 0 Å². The number of H-pyrrole nitrogens is 1. The quantitative estimate of drug-likeness (QED) is 0.671. The maximum Gasteiger partial charge on any atom is 0.190 e. The van der Waals surface area contributed by atoms with Crippen molar-refractivity contribution in [2.24, 2.45) is 0 Å². The Balaban J connectivity index is 3.02. The Morgan fingerprint density at radius 2 is 2.36 bits per heavy atom. The second-order valence-electron chi connectivity index (χ2n) is 2.14. The van der Waals surface area contributed by atoms with Gasteiger partial charge in [0.2, 0.25) is 0 Å². The molecule has 2 nitrogen and oxygen atoms in total. The van der Waals surface area contributed by atoms with E-state index >= 15 is 0 Å². The van der Waals surface area contributed by atoms with Crippen LogP contribution in [0.25, 0.3) is 10.2 Å². The first kappa shape index (κ1) is 6.88. The fraction of sp³-hybridized carbons (Fsp3) is 0. The van der Waals surface area contributed by atoms with Crippen LogP contribution in [0.2, 0.25) is 4.34 Å². The summed E-state index contributed by atoms with van der Waals surface area (Å²) >= 11 is 7.09. The molecule has 0 aromatic carbocycles. The molecule has 2 rings (SSSR count). The summed E-state index contributed by atoms with van der Waals surface area (Å²) in [6, 6.07) is 3.17. The number of thiophene rings is 1. The normalized spacial score (nSPS) is 10.6. The minimum atomic E-state index is 0.0156. The van der Waals surface area contributed by atoms with Gasteiger partial charge in [-0.3, -0.25) is 4.79 Å². The molecular formula is C7H4ClNOS. The van der Waals surface area contributed by atoms with Crippen molar-refractivity contribution in [2.75, 3.05) is 0 Å². The Morgan fingerprint density at radius 1 is 1.55 bits per heavy atom. The molecule has 0 aliphatic heterocycles. The van der Waals surface area contributed by atoms with Crippen LogP contribution in [0, 0.1) is 0 Å². The van der Waals surface area contributed by atoms with Crippen LogP contribution in [0.3, 0.4) is 0 Å². The lowest BCUT2D eigenvalue weighted by Crippen LogP contribution is -1.96. The van der Waals surface area contributed by atoms with Gasteiger partial charge in [0.05, 0.1) is 9.72 Å². The molecular weight excluding hydrogens is 182 g/mol. The summed E-state index contributed by atoms with van der Waals surface area (Å²) in [4.78, 5) is 14.9. The van der Waals surface area contributed by atoms with Crippen molar-refractivity contribution in [3.63, 3.8) is 0 Å². The van der Waals surface area contributed by atoms with Gasteiger partial charge in [-0.05, 0) is 6.07 Å². The second-order valence-corrected chi connectivity index (χ2v) is 3.82. The smallest absolute Gasteiger partial charge is 0.190 e. The minimum Gasteiger partial charge on any atom is -0.353 e. The average molecular weight is 186 g/mol. The van der Waals surface area contributed by atoms with Crippen LogP contribution in [-0.4, -0.2) is 4.98 Å². The maximum atomic E-state index is 11.1. The van der Waals surface area contributed by atoms with Gasteiger partial charge in [0.1, 0.15) is 4.83 Å². The van der Waals surface area contributed by atoms with Crippen molar-refractivity contribution in [1.82, 2.24) is 4.98 Å². The standard InChI is InChI=1S/C7H4ClNOS/c8-6-3-4-5(10)1-2-9-7(4)11-6/h1-3H,(H,9,10). The van der Waals surface area contributed by atoms with Crippen molar-refractivity contribution >= 4 is 33.2 Å². The van der Waals surface area contributed by atoms with Gasteiger partial charge in [0, 0.05) is 12.3 Å². The number of pyridine rings is 1. The Hall–Kier alpha value is -0.800. The lowest BCUT2D eigenvalue weighted by atomic mass is 10.3. The van der Waals surface area contributed by atoms with Crippen molar-refractivity contribution in [2.45, 2.75) is 0 Å². The van der Waals surface area contributed by atoms with E-state index in [9.17, 15) is 4.79 Å². The third kappa shape index (κ3) is 1.06. The third-order valence-corrected chi connectivity index (χ3v) is 2.61. The molecule has 2 heterocycles. The van der Waals surface area contributed by atoms with Crippen LogP contribution >= 0.6 is 22.9 Å². The molecule has 2 aromatic rings. The molecule has 0 aliphatic rings. The van der Waals surface area contributed by atoms with E-state index in [0.29, 0.717) is 9.72 Å². The summed E-state index contributed by atoms with van der Waals surface area (Å²) in [7, 11) is 0. The summed E-state index contributed by atoms with van der Waals surface area (Å²) in [5, 5.41) is 0.669. The third-order valence-electron chi connectivity index (χ3n) is 1.42. The maximum absolute atomic E-state index is 11.1. The monoisotopic (exact) mass is 185 g/mol. The number of rotatable bonds is 0. The van der Waals surface area contributed by atoms with Gasteiger partial charge in [-0.1, -0.05) is 11.6 Å². The lowest BCUT2D eigenvalue weighted by molar-refractivity contribution is 1.42.